The van der Waals surface area contributed by atoms with Gasteiger partial charge in [-0.05, 0) is 160 Å². The van der Waals surface area contributed by atoms with Gasteiger partial charge in [0.05, 0.1) is 41.8 Å². The Morgan fingerprint density at radius 3 is 2.52 bits per heavy atom. The molecule has 0 aromatic rings. The average Bonchev–Trinajstić information content (AvgIpc) is 3.38. The molecule has 2 saturated heterocycles. The van der Waals surface area contributed by atoms with Crippen LogP contribution >= 0.6 is 0 Å². The Balaban J connectivity index is 1.09. The van der Waals surface area contributed by atoms with Gasteiger partial charge in [0.2, 0.25) is 0 Å². The van der Waals surface area contributed by atoms with Crippen molar-refractivity contribution in [3.63, 3.8) is 0 Å². The molecule has 2 unspecified atom stereocenters. The van der Waals surface area contributed by atoms with Crippen LogP contribution in [0.5, 0.6) is 0 Å². The molecule has 54 heavy (non-hydrogen) atoms. The van der Waals surface area contributed by atoms with Gasteiger partial charge in [-0.3, -0.25) is 4.79 Å². The van der Waals surface area contributed by atoms with E-state index in [0.29, 0.717) is 43.9 Å². The summed E-state index contributed by atoms with van der Waals surface area (Å²) in [7, 11) is 0. The number of ketones is 1. The first-order valence-electron chi connectivity index (χ1n) is 22.2. The van der Waals surface area contributed by atoms with Crippen molar-refractivity contribution < 1.29 is 35.1 Å². The molecular weight excluding hydrogens is 681 g/mol. The summed E-state index contributed by atoms with van der Waals surface area (Å²) >= 11 is 0. The van der Waals surface area contributed by atoms with Gasteiger partial charge in [-0.15, -0.1) is 0 Å². The second-order valence-corrected chi connectivity index (χ2v) is 20.9. The summed E-state index contributed by atoms with van der Waals surface area (Å²) in [5, 5.41) is 65.0. The van der Waals surface area contributed by atoms with Crippen LogP contribution in [0.1, 0.15) is 124 Å². The largest absolute Gasteiger partial charge is 0.390 e. The van der Waals surface area contributed by atoms with Crippen molar-refractivity contribution in [3.8, 4) is 0 Å². The van der Waals surface area contributed by atoms with E-state index in [2.05, 4.69) is 38.2 Å². The number of piperidine rings is 1. The number of hydrogen-bond acceptors (Lipinski definition) is 9. The van der Waals surface area contributed by atoms with E-state index in [1.54, 1.807) is 6.92 Å². The van der Waals surface area contributed by atoms with E-state index >= 15 is 0 Å². The van der Waals surface area contributed by atoms with Gasteiger partial charge in [0.25, 0.3) is 0 Å². The smallest absolute Gasteiger partial charge is 0.162 e. The maximum atomic E-state index is 15.0. The minimum absolute atomic E-state index is 0.0150. The van der Waals surface area contributed by atoms with Crippen molar-refractivity contribution in [1.29, 1.82) is 0 Å². The molecule has 20 atom stereocenters. The molecule has 9 heteroatoms. The highest BCUT2D eigenvalue weighted by Crippen LogP contribution is 2.76. The zero-order chi connectivity index (χ0) is 38.1. The first-order chi connectivity index (χ1) is 25.7. The molecule has 0 bridgehead atoms. The van der Waals surface area contributed by atoms with Crippen molar-refractivity contribution in [2.24, 2.45) is 75.7 Å². The second-order valence-electron chi connectivity index (χ2n) is 20.9. The summed E-state index contributed by atoms with van der Waals surface area (Å²) < 4.78 is 6.79. The molecule has 0 amide bonds. The topological polar surface area (TPSA) is 166 Å². The number of carbonyl (C=O) groups excluding carboxylic acids is 1. The van der Waals surface area contributed by atoms with Gasteiger partial charge < -0.3 is 41.3 Å². The highest BCUT2D eigenvalue weighted by atomic mass is 16.5. The number of fused-ring (bicyclic) bond motifs is 1. The number of hydrogen-bond donors (Lipinski definition) is 7. The van der Waals surface area contributed by atoms with E-state index in [-0.39, 0.29) is 54.1 Å². The maximum Gasteiger partial charge on any atom is 0.162 e. The lowest BCUT2D eigenvalue weighted by atomic mass is 9.39. The fraction of sp³-hybridized carbons (Fsp3) is 0.889. The lowest BCUT2D eigenvalue weighted by molar-refractivity contribution is -0.208. The predicted octanol–water partition coefficient (Wildman–Crippen LogP) is 4.77. The van der Waals surface area contributed by atoms with Gasteiger partial charge in [0.1, 0.15) is 6.10 Å². The molecule has 7 aliphatic carbocycles. The summed E-state index contributed by atoms with van der Waals surface area (Å²) in [5.74, 6) is 0.690. The zero-order valence-electron chi connectivity index (χ0n) is 33.3. The SMILES string of the molecule is CCC[C@@H]1CC[C@@H]2[C@H](C)[C@H]([C@@H](O)[C@](C)(O)[C@@H]3C[C@@H]4CCC5=C6[C@@H]7[C@@H](C=C[C@H](C8CCC(N)NC8)C[C@@]78C[C@H](O)[C@H](O)C[C@H]8C5=O)C[C@@]3(C)[C@]64O)O[C@@H]2CC1. The predicted molar refractivity (Wildman–Crippen MR) is 205 cm³/mol. The summed E-state index contributed by atoms with van der Waals surface area (Å²) in [6, 6.07) is 0. The van der Waals surface area contributed by atoms with Crippen LogP contribution in [0, 0.1) is 70.0 Å². The van der Waals surface area contributed by atoms with Gasteiger partial charge in [-0.25, -0.2) is 0 Å². The van der Waals surface area contributed by atoms with Crippen LogP contribution in [0.15, 0.2) is 23.3 Å². The first-order valence-corrected chi connectivity index (χ1v) is 22.2. The molecule has 0 radical (unpaired) electrons. The molecule has 9 rings (SSSR count). The Bertz CT molecular complexity index is 1540. The lowest BCUT2D eigenvalue weighted by Crippen LogP contribution is -2.68. The monoisotopic (exact) mass is 751 g/mol. The molecule has 9 nitrogen and oxygen atoms in total. The summed E-state index contributed by atoms with van der Waals surface area (Å²) in [6.07, 6.45) is 14.0. The highest BCUT2D eigenvalue weighted by Gasteiger charge is 2.76. The molecule has 0 aromatic carbocycles. The first kappa shape index (κ1) is 38.4. The zero-order valence-corrected chi connectivity index (χ0v) is 33.3. The Hall–Kier alpha value is -1.17. The molecular formula is C45H70N2O7. The minimum atomic E-state index is -1.53. The van der Waals surface area contributed by atoms with Gasteiger partial charge in [-0.1, -0.05) is 52.2 Å². The van der Waals surface area contributed by atoms with Crippen molar-refractivity contribution in [2.75, 3.05) is 6.54 Å². The third kappa shape index (κ3) is 5.33. The number of nitrogens with two attached hydrogens (primary N) is 1. The lowest BCUT2D eigenvalue weighted by Gasteiger charge is -2.66. The minimum Gasteiger partial charge on any atom is -0.390 e. The van der Waals surface area contributed by atoms with Crippen LogP contribution in [-0.4, -0.2) is 85.7 Å². The molecule has 1 spiro atoms. The summed E-state index contributed by atoms with van der Waals surface area (Å²) in [4.78, 5) is 15.0. The van der Waals surface area contributed by atoms with Crippen LogP contribution in [0.3, 0.4) is 0 Å². The fourth-order valence-corrected chi connectivity index (χ4v) is 15.8. The molecule has 2 heterocycles. The highest BCUT2D eigenvalue weighted by molar-refractivity contribution is 6.00. The number of carbonyl (C=O) groups is 1. The van der Waals surface area contributed by atoms with Gasteiger partial charge >= 0.3 is 0 Å². The van der Waals surface area contributed by atoms with Gasteiger partial charge in [0.15, 0.2) is 5.78 Å². The number of Topliss-reactive ketones (excluding diaryl/α,β-unsaturated/α-hetero) is 1. The number of ether oxygens (including phenoxy) is 1. The van der Waals surface area contributed by atoms with E-state index in [0.717, 1.165) is 62.1 Å². The van der Waals surface area contributed by atoms with Crippen LogP contribution in [0.4, 0.5) is 0 Å². The summed E-state index contributed by atoms with van der Waals surface area (Å²) in [5.41, 5.74) is 3.65. The van der Waals surface area contributed by atoms with Crippen LogP contribution in [-0.2, 0) is 9.53 Å². The number of rotatable bonds is 6. The van der Waals surface area contributed by atoms with Crippen molar-refractivity contribution in [1.82, 2.24) is 5.32 Å². The fourth-order valence-electron chi connectivity index (χ4n) is 15.8. The normalized spacial score (nSPS) is 54.2. The van der Waals surface area contributed by atoms with E-state index in [9.17, 15) is 30.3 Å². The Labute approximate surface area is 323 Å². The van der Waals surface area contributed by atoms with Crippen LogP contribution in [0.2, 0.25) is 0 Å². The van der Waals surface area contributed by atoms with E-state index in [4.69, 9.17) is 10.5 Å². The standard InChI is InChI=1S/C45H70N2O7/c1-5-6-24-7-13-29-23(2)40(54-34(29)15-8-24)41(51)43(4,52)35-17-28-12-14-30-38-37-26(19-42(35,3)45(28,38)53)10-9-25(27-11-16-36(46)47-22-27)20-44(37)21-33(49)32(48)18-31(44)39(30)50/h9-10,23-29,31-37,40-41,47-49,51-53H,5-8,11-22,46H2,1-4H3/t23-,24+,25-,26-,27?,28-,29+,31-,32+,33-,34+,35+,36?,37-,40+,41+,42+,43+,44-,45+/m0/s1. The quantitative estimate of drug-likeness (QED) is 0.190. The Morgan fingerprint density at radius 1 is 1.02 bits per heavy atom. The molecule has 0 aromatic heterocycles. The Kier molecular flexibility index (Phi) is 9.54. The summed E-state index contributed by atoms with van der Waals surface area (Å²) in [6.45, 7) is 9.23. The van der Waals surface area contributed by atoms with Crippen molar-refractivity contribution in [2.45, 2.75) is 172 Å². The molecule has 6 fully saturated rings. The van der Waals surface area contributed by atoms with E-state index in [1.807, 2.05) is 0 Å². The molecule has 4 saturated carbocycles. The number of aliphatic hydroxyl groups is 5. The molecule has 302 valence electrons. The molecule has 2 aliphatic heterocycles. The number of allylic oxidation sites excluding steroid dienone is 3. The number of nitrogens with one attached hydrogen (secondary N) is 1. The van der Waals surface area contributed by atoms with E-state index < -0.39 is 58.3 Å². The van der Waals surface area contributed by atoms with Gasteiger partial charge in [-0.2, -0.15) is 0 Å². The van der Waals surface area contributed by atoms with E-state index in [1.165, 1.54) is 19.3 Å². The third-order valence-corrected chi connectivity index (χ3v) is 18.5. The van der Waals surface area contributed by atoms with Crippen molar-refractivity contribution >= 4 is 5.78 Å². The maximum absolute atomic E-state index is 15.0. The van der Waals surface area contributed by atoms with Crippen molar-refractivity contribution in [3.05, 3.63) is 23.3 Å². The third-order valence-electron chi connectivity index (χ3n) is 18.5. The van der Waals surface area contributed by atoms with Crippen LogP contribution < -0.4 is 11.1 Å². The average molecular weight is 751 g/mol. The molecule has 8 N–H and O–H groups in total. The Morgan fingerprint density at radius 2 is 1.78 bits per heavy atom. The molecule has 9 aliphatic rings. The second kappa shape index (κ2) is 13.4. The van der Waals surface area contributed by atoms with Gasteiger partial charge in [0, 0.05) is 11.3 Å². The van der Waals surface area contributed by atoms with Crippen LogP contribution in [0.25, 0.3) is 0 Å². The number of aliphatic hydroxyl groups excluding tert-OH is 3.